The summed E-state index contributed by atoms with van der Waals surface area (Å²) in [5, 5.41) is 2.84. The lowest BCUT2D eigenvalue weighted by Gasteiger charge is -2.16. The van der Waals surface area contributed by atoms with Crippen LogP contribution in [-0.4, -0.2) is 30.9 Å². The van der Waals surface area contributed by atoms with Crippen molar-refractivity contribution in [2.45, 2.75) is 39.7 Å². The van der Waals surface area contributed by atoms with Crippen LogP contribution in [0, 0.1) is 13.8 Å². The lowest BCUT2D eigenvalue weighted by atomic mass is 10.0. The number of rotatable bonds is 6. The van der Waals surface area contributed by atoms with E-state index in [1.165, 1.54) is 5.56 Å². The number of hydrogen-bond donors (Lipinski definition) is 1. The van der Waals surface area contributed by atoms with Gasteiger partial charge < -0.3 is 15.0 Å². The van der Waals surface area contributed by atoms with Gasteiger partial charge in [-0.3, -0.25) is 9.59 Å². The number of ether oxygens (including phenoxy) is 1. The van der Waals surface area contributed by atoms with E-state index < -0.39 is 5.97 Å². The van der Waals surface area contributed by atoms with Crippen molar-refractivity contribution >= 4 is 23.5 Å². The van der Waals surface area contributed by atoms with E-state index in [2.05, 4.69) is 5.32 Å². The molecule has 0 spiro atoms. The summed E-state index contributed by atoms with van der Waals surface area (Å²) in [7, 11) is 0. The number of hydrogen-bond acceptors (Lipinski definition) is 4. The Morgan fingerprint density at radius 1 is 1.10 bits per heavy atom. The summed E-state index contributed by atoms with van der Waals surface area (Å²) in [6.07, 6.45) is 1.40. The Morgan fingerprint density at radius 3 is 2.45 bits per heavy atom. The van der Waals surface area contributed by atoms with Crippen molar-refractivity contribution < 1.29 is 19.1 Å². The van der Waals surface area contributed by atoms with Gasteiger partial charge in [-0.05, 0) is 68.1 Å². The van der Waals surface area contributed by atoms with Gasteiger partial charge in [0.05, 0.1) is 11.6 Å². The topological polar surface area (TPSA) is 75.7 Å². The van der Waals surface area contributed by atoms with E-state index in [9.17, 15) is 14.4 Å². The summed E-state index contributed by atoms with van der Waals surface area (Å²) < 4.78 is 5.12. The molecule has 3 rings (SSSR count). The lowest BCUT2D eigenvalue weighted by Crippen LogP contribution is -2.31. The Morgan fingerprint density at radius 2 is 1.83 bits per heavy atom. The van der Waals surface area contributed by atoms with Crippen LogP contribution >= 0.6 is 0 Å². The van der Waals surface area contributed by atoms with E-state index in [-0.39, 0.29) is 24.5 Å². The molecule has 6 nitrogen and oxygen atoms in total. The predicted molar refractivity (Wildman–Crippen MR) is 111 cm³/mol. The molecule has 0 saturated carbocycles. The van der Waals surface area contributed by atoms with Crippen molar-refractivity contribution in [3.8, 4) is 0 Å². The number of carbonyl (C=O) groups is 3. The van der Waals surface area contributed by atoms with Gasteiger partial charge in [-0.15, -0.1) is 0 Å². The average Bonchev–Trinajstić information content (AvgIpc) is 3.14. The standard InChI is InChI=1S/C23H26N2O4/c1-15-6-7-19(13-16(15)2)17(3)24-21(26)14-29-23(28)18-8-10-20(11-9-18)25-12-4-5-22(25)27/h6-11,13,17H,4-5,12,14H2,1-3H3,(H,24,26)/t17-/m1/s1. The van der Waals surface area contributed by atoms with Crippen molar-refractivity contribution in [3.05, 3.63) is 64.7 Å². The number of benzene rings is 2. The summed E-state index contributed by atoms with van der Waals surface area (Å²) in [4.78, 5) is 37.8. The lowest BCUT2D eigenvalue weighted by molar-refractivity contribution is -0.124. The Bertz CT molecular complexity index is 921. The van der Waals surface area contributed by atoms with Gasteiger partial charge in [0.15, 0.2) is 6.61 Å². The van der Waals surface area contributed by atoms with Gasteiger partial charge in [0.25, 0.3) is 5.91 Å². The molecule has 0 aliphatic carbocycles. The van der Waals surface area contributed by atoms with Crippen LogP contribution in [-0.2, 0) is 14.3 Å². The molecular weight excluding hydrogens is 368 g/mol. The van der Waals surface area contributed by atoms with E-state index in [1.54, 1.807) is 29.2 Å². The zero-order valence-electron chi connectivity index (χ0n) is 17.0. The monoisotopic (exact) mass is 394 g/mol. The molecule has 1 N–H and O–H groups in total. The molecule has 1 fully saturated rings. The number of nitrogens with one attached hydrogen (secondary N) is 1. The van der Waals surface area contributed by atoms with Crippen molar-refractivity contribution in [2.24, 2.45) is 0 Å². The average molecular weight is 394 g/mol. The SMILES string of the molecule is Cc1ccc([C@@H](C)NC(=O)COC(=O)c2ccc(N3CCCC3=O)cc2)cc1C. The first-order valence-electron chi connectivity index (χ1n) is 9.79. The van der Waals surface area contributed by atoms with E-state index in [1.807, 2.05) is 39.0 Å². The molecule has 1 heterocycles. The molecule has 152 valence electrons. The van der Waals surface area contributed by atoms with Crippen molar-refractivity contribution in [3.63, 3.8) is 0 Å². The Labute approximate surface area is 170 Å². The van der Waals surface area contributed by atoms with Crippen molar-refractivity contribution in [2.75, 3.05) is 18.1 Å². The summed E-state index contributed by atoms with van der Waals surface area (Å²) in [6.45, 7) is 6.31. The molecular formula is C23H26N2O4. The largest absolute Gasteiger partial charge is 0.452 e. The van der Waals surface area contributed by atoms with Crippen LogP contribution in [0.2, 0.25) is 0 Å². The number of nitrogens with zero attached hydrogens (tertiary/aromatic N) is 1. The third-order valence-corrected chi connectivity index (χ3v) is 5.23. The molecule has 1 aliphatic rings. The quantitative estimate of drug-likeness (QED) is 0.762. The minimum absolute atomic E-state index is 0.0925. The second-order valence-electron chi connectivity index (χ2n) is 7.40. The molecule has 1 aliphatic heterocycles. The van der Waals surface area contributed by atoms with Gasteiger partial charge in [-0.25, -0.2) is 4.79 Å². The fraction of sp³-hybridized carbons (Fsp3) is 0.348. The summed E-state index contributed by atoms with van der Waals surface area (Å²) in [5.41, 5.74) is 4.47. The summed E-state index contributed by atoms with van der Waals surface area (Å²) in [5.74, 6) is -0.837. The van der Waals surface area contributed by atoms with E-state index in [0.29, 0.717) is 18.5 Å². The van der Waals surface area contributed by atoms with Gasteiger partial charge in [0.2, 0.25) is 5.91 Å². The van der Waals surface area contributed by atoms with E-state index in [4.69, 9.17) is 4.74 Å². The van der Waals surface area contributed by atoms with E-state index >= 15 is 0 Å². The van der Waals surface area contributed by atoms with Crippen molar-refractivity contribution in [1.29, 1.82) is 0 Å². The molecule has 0 unspecified atom stereocenters. The second-order valence-corrected chi connectivity index (χ2v) is 7.40. The maximum Gasteiger partial charge on any atom is 0.338 e. The van der Waals surface area contributed by atoms with Crippen LogP contribution in [0.4, 0.5) is 5.69 Å². The highest BCUT2D eigenvalue weighted by Crippen LogP contribution is 2.22. The van der Waals surface area contributed by atoms with Crippen LogP contribution in [0.5, 0.6) is 0 Å². The molecule has 6 heteroatoms. The first-order valence-corrected chi connectivity index (χ1v) is 9.79. The maximum atomic E-state index is 12.2. The van der Waals surface area contributed by atoms with Crippen LogP contribution in [0.15, 0.2) is 42.5 Å². The molecule has 0 aromatic heterocycles. The van der Waals surface area contributed by atoms with Gasteiger partial charge in [-0.2, -0.15) is 0 Å². The predicted octanol–water partition coefficient (Wildman–Crippen LogP) is 3.46. The minimum Gasteiger partial charge on any atom is -0.452 e. The van der Waals surface area contributed by atoms with E-state index in [0.717, 1.165) is 23.2 Å². The van der Waals surface area contributed by atoms with Crippen LogP contribution < -0.4 is 10.2 Å². The highest BCUT2D eigenvalue weighted by molar-refractivity contribution is 5.96. The smallest absolute Gasteiger partial charge is 0.338 e. The molecule has 29 heavy (non-hydrogen) atoms. The first kappa shape index (κ1) is 20.6. The Hall–Kier alpha value is -3.15. The molecule has 2 aromatic rings. The van der Waals surface area contributed by atoms with Crippen molar-refractivity contribution in [1.82, 2.24) is 5.32 Å². The fourth-order valence-corrected chi connectivity index (χ4v) is 3.31. The van der Waals surface area contributed by atoms with Crippen LogP contribution in [0.3, 0.4) is 0 Å². The van der Waals surface area contributed by atoms with Gasteiger partial charge in [0, 0.05) is 18.7 Å². The number of esters is 1. The first-order chi connectivity index (χ1) is 13.8. The van der Waals surface area contributed by atoms with Crippen LogP contribution in [0.1, 0.15) is 52.9 Å². The zero-order chi connectivity index (χ0) is 21.0. The highest BCUT2D eigenvalue weighted by atomic mass is 16.5. The second kappa shape index (κ2) is 8.90. The van der Waals surface area contributed by atoms with Crippen LogP contribution in [0.25, 0.3) is 0 Å². The molecule has 2 amide bonds. The minimum atomic E-state index is -0.571. The molecule has 0 radical (unpaired) electrons. The summed E-state index contributed by atoms with van der Waals surface area (Å²) in [6, 6.07) is 12.5. The molecule has 0 bridgehead atoms. The third-order valence-electron chi connectivity index (χ3n) is 5.23. The third kappa shape index (κ3) is 5.02. The normalized spacial score (nSPS) is 14.6. The fourth-order valence-electron chi connectivity index (χ4n) is 3.31. The summed E-state index contributed by atoms with van der Waals surface area (Å²) >= 11 is 0. The number of anilines is 1. The van der Waals surface area contributed by atoms with Gasteiger partial charge in [0.1, 0.15) is 0 Å². The maximum absolute atomic E-state index is 12.2. The molecule has 2 aromatic carbocycles. The Balaban J connectivity index is 1.51. The highest BCUT2D eigenvalue weighted by Gasteiger charge is 2.22. The van der Waals surface area contributed by atoms with Gasteiger partial charge in [-0.1, -0.05) is 18.2 Å². The molecule has 1 atom stereocenters. The number of carbonyl (C=O) groups excluding carboxylic acids is 3. The number of amides is 2. The Kier molecular flexibility index (Phi) is 6.32. The zero-order valence-corrected chi connectivity index (χ0v) is 17.0. The number of aryl methyl sites for hydroxylation is 2. The van der Waals surface area contributed by atoms with Gasteiger partial charge >= 0.3 is 5.97 Å². The molecule has 1 saturated heterocycles.